The second kappa shape index (κ2) is 10.9. The van der Waals surface area contributed by atoms with E-state index in [9.17, 15) is 19.8 Å². The van der Waals surface area contributed by atoms with Gasteiger partial charge < -0.3 is 10.2 Å². The van der Waals surface area contributed by atoms with Crippen molar-refractivity contribution in [1.29, 1.82) is 0 Å². The monoisotopic (exact) mass is 414 g/mol. The molecule has 2 N–H and O–H groups in total. The van der Waals surface area contributed by atoms with E-state index < -0.39 is 17.9 Å². The van der Waals surface area contributed by atoms with Crippen molar-refractivity contribution in [2.75, 3.05) is 0 Å². The summed E-state index contributed by atoms with van der Waals surface area (Å²) in [5.74, 6) is -2.68. The van der Waals surface area contributed by atoms with E-state index in [1.54, 1.807) is 18.2 Å². The number of carbonyl (C=O) groups is 2. The van der Waals surface area contributed by atoms with Gasteiger partial charge in [-0.25, -0.2) is 4.79 Å². The molecule has 3 aromatic carbocycles. The third kappa shape index (κ3) is 6.41. The van der Waals surface area contributed by atoms with Crippen LogP contribution in [0.1, 0.15) is 33.5 Å². The van der Waals surface area contributed by atoms with Gasteiger partial charge in [-0.1, -0.05) is 91.0 Å². The van der Waals surface area contributed by atoms with Gasteiger partial charge in [0.2, 0.25) is 0 Å². The number of carboxylic acids is 2. The predicted octanol–water partition coefficient (Wildman–Crippen LogP) is 5.59. The van der Waals surface area contributed by atoms with Crippen LogP contribution in [0.5, 0.6) is 0 Å². The number of aliphatic carboxylic acids is 1. The van der Waals surface area contributed by atoms with Crippen molar-refractivity contribution in [3.8, 4) is 0 Å². The van der Waals surface area contributed by atoms with Crippen LogP contribution < -0.4 is 0 Å². The van der Waals surface area contributed by atoms with Crippen LogP contribution >= 0.6 is 0 Å². The molecule has 4 heteroatoms. The molecule has 0 amide bonds. The molecule has 2 unspecified atom stereocenters. The summed E-state index contributed by atoms with van der Waals surface area (Å²) in [4.78, 5) is 23.8. The summed E-state index contributed by atoms with van der Waals surface area (Å²) >= 11 is 0. The fraction of sp³-hybridized carbons (Fsp3) is 0.185. The standard InChI is InChI=1S/C27H26O4/c28-26(29)24-14-8-7-13-22(24)17-18-23(16-15-20-9-3-1-4-10-20)25(27(30)31)19-21-11-5-2-6-12-21/h1-16,23,25H,17-19H2,(H,28,29)(H,30,31). The van der Waals surface area contributed by atoms with E-state index in [2.05, 4.69) is 0 Å². The Morgan fingerprint density at radius 1 is 0.806 bits per heavy atom. The molecule has 0 saturated heterocycles. The quantitative estimate of drug-likeness (QED) is 0.453. The summed E-state index contributed by atoms with van der Waals surface area (Å²) in [7, 11) is 0. The van der Waals surface area contributed by atoms with Crippen LogP contribution in [-0.4, -0.2) is 22.2 Å². The first kappa shape index (κ1) is 22.0. The largest absolute Gasteiger partial charge is 0.481 e. The second-order valence-corrected chi connectivity index (χ2v) is 7.57. The highest BCUT2D eigenvalue weighted by molar-refractivity contribution is 5.89. The maximum absolute atomic E-state index is 12.2. The van der Waals surface area contributed by atoms with E-state index in [4.69, 9.17) is 0 Å². The van der Waals surface area contributed by atoms with Crippen LogP contribution in [-0.2, 0) is 17.6 Å². The molecule has 31 heavy (non-hydrogen) atoms. The van der Waals surface area contributed by atoms with Crippen molar-refractivity contribution in [2.24, 2.45) is 11.8 Å². The molecule has 3 aromatic rings. The summed E-state index contributed by atoms with van der Waals surface area (Å²) in [6, 6.07) is 26.3. The van der Waals surface area contributed by atoms with E-state index in [1.165, 1.54) is 0 Å². The minimum absolute atomic E-state index is 0.250. The molecule has 3 rings (SSSR count). The van der Waals surface area contributed by atoms with E-state index in [0.717, 1.165) is 16.7 Å². The van der Waals surface area contributed by atoms with Gasteiger partial charge in [0.25, 0.3) is 0 Å². The van der Waals surface area contributed by atoms with Crippen LogP contribution in [0.4, 0.5) is 0 Å². The Morgan fingerprint density at radius 2 is 1.42 bits per heavy atom. The minimum atomic E-state index is -0.967. The van der Waals surface area contributed by atoms with Gasteiger partial charge in [-0.2, -0.15) is 0 Å². The van der Waals surface area contributed by atoms with Crippen LogP contribution in [0.2, 0.25) is 0 Å². The highest BCUT2D eigenvalue weighted by Crippen LogP contribution is 2.26. The Kier molecular flexibility index (Phi) is 7.77. The molecule has 0 spiro atoms. The summed E-state index contributed by atoms with van der Waals surface area (Å²) in [6.45, 7) is 0. The summed E-state index contributed by atoms with van der Waals surface area (Å²) in [5.41, 5.74) is 2.96. The van der Waals surface area contributed by atoms with Crippen molar-refractivity contribution < 1.29 is 19.8 Å². The Balaban J connectivity index is 1.87. The van der Waals surface area contributed by atoms with Gasteiger partial charge >= 0.3 is 11.9 Å². The van der Waals surface area contributed by atoms with Gasteiger partial charge in [0, 0.05) is 0 Å². The maximum atomic E-state index is 12.2. The Bertz CT molecular complexity index is 1030. The smallest absolute Gasteiger partial charge is 0.335 e. The van der Waals surface area contributed by atoms with Crippen molar-refractivity contribution in [1.82, 2.24) is 0 Å². The van der Waals surface area contributed by atoms with Crippen LogP contribution in [0, 0.1) is 11.8 Å². The first-order chi connectivity index (χ1) is 15.0. The zero-order chi connectivity index (χ0) is 22.1. The molecule has 0 aromatic heterocycles. The third-order valence-corrected chi connectivity index (χ3v) is 5.46. The zero-order valence-corrected chi connectivity index (χ0v) is 17.2. The number of allylic oxidation sites excluding steroid dienone is 1. The number of hydrogen-bond acceptors (Lipinski definition) is 2. The Morgan fingerprint density at radius 3 is 2.06 bits per heavy atom. The van der Waals surface area contributed by atoms with Gasteiger partial charge in [0.1, 0.15) is 0 Å². The molecule has 0 bridgehead atoms. The van der Waals surface area contributed by atoms with Crippen molar-refractivity contribution in [3.05, 3.63) is 113 Å². The molecule has 0 heterocycles. The molecule has 0 aliphatic rings. The topological polar surface area (TPSA) is 74.6 Å². The average Bonchev–Trinajstić information content (AvgIpc) is 2.79. The van der Waals surface area contributed by atoms with Crippen molar-refractivity contribution in [3.63, 3.8) is 0 Å². The SMILES string of the molecule is O=C(O)c1ccccc1CCC(C=Cc1ccccc1)C(Cc1ccccc1)C(=O)O. The lowest BCUT2D eigenvalue weighted by Crippen LogP contribution is -2.25. The first-order valence-corrected chi connectivity index (χ1v) is 10.4. The number of benzene rings is 3. The Labute approximate surface area is 182 Å². The number of carboxylic acid groups (broad SMARTS) is 2. The van der Waals surface area contributed by atoms with E-state index >= 15 is 0 Å². The summed E-state index contributed by atoms with van der Waals surface area (Å²) in [6.07, 6.45) is 5.36. The lowest BCUT2D eigenvalue weighted by atomic mass is 9.82. The number of hydrogen-bond donors (Lipinski definition) is 2. The zero-order valence-electron chi connectivity index (χ0n) is 17.2. The molecular weight excluding hydrogens is 388 g/mol. The normalized spacial score (nSPS) is 13.0. The lowest BCUT2D eigenvalue weighted by molar-refractivity contribution is -0.143. The van der Waals surface area contributed by atoms with Crippen LogP contribution in [0.3, 0.4) is 0 Å². The van der Waals surface area contributed by atoms with Crippen molar-refractivity contribution in [2.45, 2.75) is 19.3 Å². The number of aromatic carboxylic acids is 1. The molecule has 0 aliphatic heterocycles. The van der Waals surface area contributed by atoms with Gasteiger partial charge in [-0.3, -0.25) is 4.79 Å². The first-order valence-electron chi connectivity index (χ1n) is 10.4. The van der Waals surface area contributed by atoms with Gasteiger partial charge in [0.15, 0.2) is 0 Å². The molecule has 0 fully saturated rings. The van der Waals surface area contributed by atoms with E-state index in [1.807, 2.05) is 78.9 Å². The molecule has 4 nitrogen and oxygen atoms in total. The van der Waals surface area contributed by atoms with Crippen LogP contribution in [0.15, 0.2) is 91.0 Å². The third-order valence-electron chi connectivity index (χ3n) is 5.46. The molecule has 0 radical (unpaired) electrons. The Hall–Kier alpha value is -3.66. The molecule has 0 aliphatic carbocycles. The minimum Gasteiger partial charge on any atom is -0.481 e. The molecule has 158 valence electrons. The molecule has 0 saturated carbocycles. The number of aryl methyl sites for hydroxylation is 1. The molecule has 2 atom stereocenters. The fourth-order valence-electron chi connectivity index (χ4n) is 3.79. The van der Waals surface area contributed by atoms with E-state index in [-0.39, 0.29) is 11.5 Å². The maximum Gasteiger partial charge on any atom is 0.335 e. The summed E-state index contributed by atoms with van der Waals surface area (Å²) in [5, 5.41) is 19.5. The van der Waals surface area contributed by atoms with Gasteiger partial charge in [-0.05, 0) is 47.9 Å². The fourth-order valence-corrected chi connectivity index (χ4v) is 3.79. The predicted molar refractivity (Wildman–Crippen MR) is 122 cm³/mol. The average molecular weight is 415 g/mol. The highest BCUT2D eigenvalue weighted by atomic mass is 16.4. The lowest BCUT2D eigenvalue weighted by Gasteiger charge is -2.22. The summed E-state index contributed by atoms with van der Waals surface area (Å²) < 4.78 is 0. The van der Waals surface area contributed by atoms with Crippen molar-refractivity contribution >= 4 is 18.0 Å². The van der Waals surface area contributed by atoms with Gasteiger partial charge in [0.05, 0.1) is 11.5 Å². The second-order valence-electron chi connectivity index (χ2n) is 7.57. The van der Waals surface area contributed by atoms with Gasteiger partial charge in [-0.15, -0.1) is 0 Å². The van der Waals surface area contributed by atoms with Crippen LogP contribution in [0.25, 0.3) is 6.08 Å². The van der Waals surface area contributed by atoms with E-state index in [0.29, 0.717) is 19.3 Å². The number of rotatable bonds is 10. The molecular formula is C27H26O4. The highest BCUT2D eigenvalue weighted by Gasteiger charge is 2.27.